The first kappa shape index (κ1) is 7.95. The van der Waals surface area contributed by atoms with Crippen molar-refractivity contribution in [1.29, 1.82) is 0 Å². The van der Waals surface area contributed by atoms with Gasteiger partial charge in [0, 0.05) is 6.54 Å². The minimum absolute atomic E-state index is 0.247. The van der Waals surface area contributed by atoms with E-state index in [1.807, 2.05) is 0 Å². The van der Waals surface area contributed by atoms with Crippen molar-refractivity contribution in [2.75, 3.05) is 26.2 Å². The summed E-state index contributed by atoms with van der Waals surface area (Å²) in [6, 6.07) is 0. The van der Waals surface area contributed by atoms with E-state index in [2.05, 4.69) is 9.84 Å². The lowest BCUT2D eigenvalue weighted by Gasteiger charge is -2.12. The summed E-state index contributed by atoms with van der Waals surface area (Å²) in [5.41, 5.74) is 0. The van der Waals surface area contributed by atoms with Gasteiger partial charge in [-0.15, -0.1) is 0 Å². The first-order valence-electron chi connectivity index (χ1n) is 3.89. The average Bonchev–Trinajstić information content (AvgIpc) is 2.41. The summed E-state index contributed by atoms with van der Waals surface area (Å²) in [6.45, 7) is 3.61. The third kappa shape index (κ3) is 2.62. The second kappa shape index (κ2) is 4.63. The molecule has 1 heterocycles. The molecule has 0 atom stereocenters. The lowest BCUT2D eigenvalue weighted by molar-refractivity contribution is -0.133. The molecule has 0 aliphatic carbocycles. The normalized spacial score (nSPS) is 20.1. The maximum Gasteiger partial charge on any atom is 0.0888 e. The van der Waals surface area contributed by atoms with Gasteiger partial charge in [-0.3, -0.25) is 0 Å². The molecule has 0 bridgehead atoms. The van der Waals surface area contributed by atoms with Crippen LogP contribution in [0.5, 0.6) is 0 Å². The summed E-state index contributed by atoms with van der Waals surface area (Å²) in [4.78, 5) is 5.82. The van der Waals surface area contributed by atoms with Crippen LogP contribution in [0.3, 0.4) is 0 Å². The van der Waals surface area contributed by atoms with Crippen molar-refractivity contribution in [2.24, 2.45) is 0 Å². The van der Waals surface area contributed by atoms with Gasteiger partial charge < -0.3 is 4.90 Å². The van der Waals surface area contributed by atoms with Crippen LogP contribution in [0, 0.1) is 0 Å². The Morgan fingerprint density at radius 1 is 1.30 bits per heavy atom. The van der Waals surface area contributed by atoms with E-state index in [9.17, 15) is 4.53 Å². The number of halogens is 1. The predicted molar refractivity (Wildman–Crippen MR) is 37.4 cm³/mol. The minimum atomic E-state index is 0.247. The zero-order chi connectivity index (χ0) is 7.23. The summed E-state index contributed by atoms with van der Waals surface area (Å²) in [6.07, 6.45) is 3.42. The van der Waals surface area contributed by atoms with Gasteiger partial charge in [0.25, 0.3) is 0 Å². The van der Waals surface area contributed by atoms with Crippen molar-refractivity contribution in [2.45, 2.75) is 19.3 Å². The topological polar surface area (TPSA) is 12.5 Å². The Hall–Kier alpha value is -0.150. The summed E-state index contributed by atoms with van der Waals surface area (Å²) < 4.78 is 11.1. The van der Waals surface area contributed by atoms with Crippen molar-refractivity contribution in [3.63, 3.8) is 0 Å². The van der Waals surface area contributed by atoms with Crippen molar-refractivity contribution >= 4 is 0 Å². The monoisotopic (exact) mass is 147 g/mol. The second-order valence-electron chi connectivity index (χ2n) is 2.72. The first-order chi connectivity index (χ1) is 4.93. The molecule has 2 nitrogen and oxygen atoms in total. The zero-order valence-corrected chi connectivity index (χ0v) is 6.18. The molecule has 0 aromatic heterocycles. The fraction of sp³-hybridized carbons (Fsp3) is 1.00. The van der Waals surface area contributed by atoms with Crippen molar-refractivity contribution in [3.05, 3.63) is 0 Å². The first-order valence-corrected chi connectivity index (χ1v) is 3.89. The van der Waals surface area contributed by atoms with Crippen molar-refractivity contribution < 1.29 is 9.47 Å². The molecule has 0 N–H and O–H groups in total. The molecular formula is C7H14FNO. The Labute approximate surface area is 60.9 Å². The van der Waals surface area contributed by atoms with Gasteiger partial charge in [-0.05, 0) is 36.9 Å². The van der Waals surface area contributed by atoms with Gasteiger partial charge in [-0.1, -0.05) is 0 Å². The van der Waals surface area contributed by atoms with E-state index in [1.54, 1.807) is 0 Å². The van der Waals surface area contributed by atoms with Crippen LogP contribution in [-0.2, 0) is 4.94 Å². The SMILES string of the molecule is FOCCCN1CCCC1. The molecule has 60 valence electrons. The summed E-state index contributed by atoms with van der Waals surface area (Å²) in [5.74, 6) is 0. The molecule has 1 fully saturated rings. The van der Waals surface area contributed by atoms with E-state index >= 15 is 0 Å². The molecule has 1 aliphatic heterocycles. The van der Waals surface area contributed by atoms with Gasteiger partial charge in [0.2, 0.25) is 0 Å². The highest BCUT2D eigenvalue weighted by molar-refractivity contribution is 4.65. The quantitative estimate of drug-likeness (QED) is 0.557. The number of likely N-dealkylation sites (tertiary alicyclic amines) is 1. The number of hydrogen-bond donors (Lipinski definition) is 0. The zero-order valence-electron chi connectivity index (χ0n) is 6.18. The maximum atomic E-state index is 11.1. The molecule has 0 spiro atoms. The number of nitrogens with zero attached hydrogens (tertiary/aromatic N) is 1. The van der Waals surface area contributed by atoms with Gasteiger partial charge in [-0.25, -0.2) is 0 Å². The molecule has 0 unspecified atom stereocenters. The van der Waals surface area contributed by atoms with E-state index in [0.29, 0.717) is 0 Å². The molecule has 0 aromatic carbocycles. The second-order valence-corrected chi connectivity index (χ2v) is 2.72. The molecular weight excluding hydrogens is 133 g/mol. The van der Waals surface area contributed by atoms with E-state index in [1.165, 1.54) is 25.9 Å². The average molecular weight is 147 g/mol. The maximum absolute atomic E-state index is 11.1. The number of rotatable bonds is 4. The molecule has 0 amide bonds. The standard InChI is InChI=1S/C7H14FNO/c8-10-7-3-6-9-4-1-2-5-9/h1-7H2. The van der Waals surface area contributed by atoms with Gasteiger partial charge in [0.15, 0.2) is 0 Å². The van der Waals surface area contributed by atoms with Crippen LogP contribution in [0.4, 0.5) is 4.53 Å². The summed E-state index contributed by atoms with van der Waals surface area (Å²) in [5, 5.41) is 0. The molecule has 0 radical (unpaired) electrons. The predicted octanol–water partition coefficient (Wildman–Crippen LogP) is 1.37. The van der Waals surface area contributed by atoms with Gasteiger partial charge in [0.1, 0.15) is 0 Å². The van der Waals surface area contributed by atoms with Crippen molar-refractivity contribution in [1.82, 2.24) is 4.90 Å². The highest BCUT2D eigenvalue weighted by Crippen LogP contribution is 2.06. The smallest absolute Gasteiger partial charge is 0.0888 e. The Kier molecular flexibility index (Phi) is 3.68. The highest BCUT2D eigenvalue weighted by atomic mass is 19.3. The van der Waals surface area contributed by atoms with Crippen LogP contribution < -0.4 is 0 Å². The van der Waals surface area contributed by atoms with Gasteiger partial charge in [0.05, 0.1) is 6.61 Å². The van der Waals surface area contributed by atoms with Crippen LogP contribution in [0.1, 0.15) is 19.3 Å². The largest absolute Gasteiger partial charge is 0.303 e. The molecule has 0 saturated carbocycles. The Morgan fingerprint density at radius 3 is 2.60 bits per heavy atom. The fourth-order valence-electron chi connectivity index (χ4n) is 1.35. The third-order valence-corrected chi connectivity index (χ3v) is 1.89. The van der Waals surface area contributed by atoms with E-state index in [4.69, 9.17) is 0 Å². The fourth-order valence-corrected chi connectivity index (χ4v) is 1.35. The summed E-state index contributed by atoms with van der Waals surface area (Å²) in [7, 11) is 0. The van der Waals surface area contributed by atoms with Crippen LogP contribution in [0.25, 0.3) is 0 Å². The van der Waals surface area contributed by atoms with Gasteiger partial charge in [-0.2, -0.15) is 4.94 Å². The van der Waals surface area contributed by atoms with Crippen LogP contribution in [0.2, 0.25) is 0 Å². The molecule has 1 aliphatic rings. The van der Waals surface area contributed by atoms with E-state index in [-0.39, 0.29) is 6.61 Å². The van der Waals surface area contributed by atoms with Gasteiger partial charge >= 0.3 is 0 Å². The Balaban J connectivity index is 1.91. The Bertz CT molecular complexity index is 83.7. The van der Waals surface area contributed by atoms with Crippen LogP contribution >= 0.6 is 0 Å². The summed E-state index contributed by atoms with van der Waals surface area (Å²) >= 11 is 0. The lowest BCUT2D eigenvalue weighted by atomic mass is 10.4. The number of hydrogen-bond acceptors (Lipinski definition) is 2. The van der Waals surface area contributed by atoms with E-state index in [0.717, 1.165) is 13.0 Å². The lowest BCUT2D eigenvalue weighted by Crippen LogP contribution is -2.21. The minimum Gasteiger partial charge on any atom is -0.303 e. The molecule has 3 heteroatoms. The molecule has 0 aromatic rings. The molecule has 10 heavy (non-hydrogen) atoms. The molecule has 1 rings (SSSR count). The van der Waals surface area contributed by atoms with Crippen LogP contribution in [0.15, 0.2) is 0 Å². The molecule has 1 saturated heterocycles. The van der Waals surface area contributed by atoms with Crippen LogP contribution in [-0.4, -0.2) is 31.1 Å². The Morgan fingerprint density at radius 2 is 2.00 bits per heavy atom. The third-order valence-electron chi connectivity index (χ3n) is 1.89. The highest BCUT2D eigenvalue weighted by Gasteiger charge is 2.09. The van der Waals surface area contributed by atoms with Crippen molar-refractivity contribution in [3.8, 4) is 0 Å². The van der Waals surface area contributed by atoms with E-state index < -0.39 is 0 Å².